The van der Waals surface area contributed by atoms with Gasteiger partial charge in [0.1, 0.15) is 9.21 Å². The van der Waals surface area contributed by atoms with E-state index in [0.717, 1.165) is 20.3 Å². The topological polar surface area (TPSA) is 25.8 Å². The summed E-state index contributed by atoms with van der Waals surface area (Å²) < 4.78 is 1.67. The van der Waals surface area contributed by atoms with Crippen LogP contribution in [-0.4, -0.2) is 9.97 Å². The van der Waals surface area contributed by atoms with Crippen LogP contribution < -0.4 is 0 Å². The molecule has 0 radical (unpaired) electrons. The highest BCUT2D eigenvalue weighted by Gasteiger charge is 2.03. The third-order valence-electron chi connectivity index (χ3n) is 1.80. The van der Waals surface area contributed by atoms with E-state index in [1.165, 1.54) is 0 Å². The molecule has 14 heavy (non-hydrogen) atoms. The van der Waals surface area contributed by atoms with E-state index >= 15 is 0 Å². The number of hydrogen-bond acceptors (Lipinski definition) is 2. The molecule has 2 heterocycles. The lowest BCUT2D eigenvalue weighted by molar-refractivity contribution is 1.25. The third kappa shape index (κ3) is 2.01. The Hall–Kier alpha value is -0.740. The Morgan fingerprint density at radius 2 is 1.86 bits per heavy atom. The molecule has 0 N–H and O–H groups in total. The normalized spacial score (nSPS) is 10.1. The summed E-state index contributed by atoms with van der Waals surface area (Å²) in [6, 6.07) is 7.83. The molecule has 0 aromatic carbocycles. The molecule has 2 nitrogen and oxygen atoms in total. The minimum Gasteiger partial charge on any atom is -0.249 e. The molecule has 0 fully saturated rings. The summed E-state index contributed by atoms with van der Waals surface area (Å²) in [5, 5.41) is 0. The van der Waals surface area contributed by atoms with Gasteiger partial charge in [-0.25, -0.2) is 9.97 Å². The zero-order valence-electron chi connectivity index (χ0n) is 7.11. The number of pyridine rings is 2. The molecule has 0 aliphatic carbocycles. The minimum atomic E-state index is 0.825. The Labute approximate surface area is 98.7 Å². The largest absolute Gasteiger partial charge is 0.249 e. The van der Waals surface area contributed by atoms with Gasteiger partial charge < -0.3 is 0 Å². The summed E-state index contributed by atoms with van der Waals surface area (Å²) in [6.45, 7) is 0. The fourth-order valence-electron chi connectivity index (χ4n) is 1.17. The Bertz CT molecular complexity index is 457. The SMILES string of the molecule is Brc1cc(-c2cccnc2Br)ccn1. The molecule has 2 aromatic heterocycles. The molecule has 0 atom stereocenters. The second-order valence-corrected chi connectivity index (χ2v) is 4.27. The highest BCUT2D eigenvalue weighted by molar-refractivity contribution is 9.10. The van der Waals surface area contributed by atoms with Gasteiger partial charge in [-0.3, -0.25) is 0 Å². The van der Waals surface area contributed by atoms with E-state index in [4.69, 9.17) is 0 Å². The summed E-state index contributed by atoms with van der Waals surface area (Å²) in [4.78, 5) is 8.24. The molecule has 0 spiro atoms. The number of aromatic nitrogens is 2. The molecule has 0 unspecified atom stereocenters. The molecule has 4 heteroatoms. The molecule has 0 saturated carbocycles. The van der Waals surface area contributed by atoms with Crippen LogP contribution in [0.3, 0.4) is 0 Å². The average Bonchev–Trinajstić information content (AvgIpc) is 2.18. The molecule has 0 saturated heterocycles. The van der Waals surface area contributed by atoms with E-state index in [2.05, 4.69) is 41.8 Å². The van der Waals surface area contributed by atoms with E-state index in [1.807, 2.05) is 24.3 Å². The summed E-state index contributed by atoms with van der Waals surface area (Å²) in [5.74, 6) is 0. The first-order valence-electron chi connectivity index (χ1n) is 4.00. The van der Waals surface area contributed by atoms with Gasteiger partial charge in [0.05, 0.1) is 0 Å². The predicted octanol–water partition coefficient (Wildman–Crippen LogP) is 3.67. The predicted molar refractivity (Wildman–Crippen MR) is 62.9 cm³/mol. The standard InChI is InChI=1S/C10H6Br2N2/c11-9-6-7(3-5-13-9)8-2-1-4-14-10(8)12/h1-6H. The zero-order chi connectivity index (χ0) is 9.97. The van der Waals surface area contributed by atoms with Gasteiger partial charge >= 0.3 is 0 Å². The van der Waals surface area contributed by atoms with Crippen molar-refractivity contribution in [2.45, 2.75) is 0 Å². The fraction of sp³-hybridized carbons (Fsp3) is 0. The summed E-state index contributed by atoms with van der Waals surface area (Å²) in [5.41, 5.74) is 2.16. The Balaban J connectivity index is 2.55. The molecule has 70 valence electrons. The van der Waals surface area contributed by atoms with Gasteiger partial charge in [-0.2, -0.15) is 0 Å². The van der Waals surface area contributed by atoms with Crippen molar-refractivity contribution < 1.29 is 0 Å². The first kappa shape index (κ1) is 9.80. The van der Waals surface area contributed by atoms with Crippen LogP contribution in [0.15, 0.2) is 45.9 Å². The second kappa shape index (κ2) is 4.19. The van der Waals surface area contributed by atoms with Crippen molar-refractivity contribution in [3.63, 3.8) is 0 Å². The second-order valence-electron chi connectivity index (χ2n) is 2.71. The number of hydrogen-bond donors (Lipinski definition) is 0. The van der Waals surface area contributed by atoms with E-state index in [0.29, 0.717) is 0 Å². The van der Waals surface area contributed by atoms with Gasteiger partial charge in [-0.05, 0) is 55.6 Å². The zero-order valence-corrected chi connectivity index (χ0v) is 10.3. The van der Waals surface area contributed by atoms with Gasteiger partial charge in [0.15, 0.2) is 0 Å². The van der Waals surface area contributed by atoms with E-state index in [-0.39, 0.29) is 0 Å². The van der Waals surface area contributed by atoms with E-state index < -0.39 is 0 Å². The van der Waals surface area contributed by atoms with Crippen molar-refractivity contribution in [2.75, 3.05) is 0 Å². The molecular formula is C10H6Br2N2. The number of rotatable bonds is 1. The van der Waals surface area contributed by atoms with E-state index in [1.54, 1.807) is 12.4 Å². The van der Waals surface area contributed by atoms with Crippen LogP contribution in [0.2, 0.25) is 0 Å². The molecule has 2 rings (SSSR count). The maximum absolute atomic E-state index is 4.17. The van der Waals surface area contributed by atoms with Crippen LogP contribution in [0.25, 0.3) is 11.1 Å². The number of halogens is 2. The summed E-state index contributed by atoms with van der Waals surface area (Å²) >= 11 is 6.75. The highest BCUT2D eigenvalue weighted by atomic mass is 79.9. The van der Waals surface area contributed by atoms with Crippen molar-refractivity contribution in [3.8, 4) is 11.1 Å². The lowest BCUT2D eigenvalue weighted by Crippen LogP contribution is -1.83. The summed E-state index contributed by atoms with van der Waals surface area (Å²) in [7, 11) is 0. The van der Waals surface area contributed by atoms with Crippen LogP contribution >= 0.6 is 31.9 Å². The Morgan fingerprint density at radius 1 is 1.00 bits per heavy atom. The van der Waals surface area contributed by atoms with Gasteiger partial charge in [0.2, 0.25) is 0 Å². The highest BCUT2D eigenvalue weighted by Crippen LogP contribution is 2.26. The van der Waals surface area contributed by atoms with Crippen LogP contribution in [-0.2, 0) is 0 Å². The van der Waals surface area contributed by atoms with Gasteiger partial charge in [0, 0.05) is 18.0 Å². The fourth-order valence-corrected chi connectivity index (χ4v) is 2.02. The molecule has 2 aromatic rings. The van der Waals surface area contributed by atoms with Gasteiger partial charge in [-0.15, -0.1) is 0 Å². The van der Waals surface area contributed by atoms with Gasteiger partial charge in [-0.1, -0.05) is 6.07 Å². The van der Waals surface area contributed by atoms with Crippen molar-refractivity contribution in [1.29, 1.82) is 0 Å². The number of nitrogens with zero attached hydrogens (tertiary/aromatic N) is 2. The smallest absolute Gasteiger partial charge is 0.113 e. The molecular weight excluding hydrogens is 308 g/mol. The molecule has 0 amide bonds. The van der Waals surface area contributed by atoms with Crippen LogP contribution in [0, 0.1) is 0 Å². The van der Waals surface area contributed by atoms with Crippen molar-refractivity contribution in [3.05, 3.63) is 45.9 Å². The maximum atomic E-state index is 4.17. The van der Waals surface area contributed by atoms with Crippen LogP contribution in [0.4, 0.5) is 0 Å². The van der Waals surface area contributed by atoms with Gasteiger partial charge in [0.25, 0.3) is 0 Å². The maximum Gasteiger partial charge on any atom is 0.113 e. The van der Waals surface area contributed by atoms with E-state index in [9.17, 15) is 0 Å². The van der Waals surface area contributed by atoms with Crippen molar-refractivity contribution >= 4 is 31.9 Å². The van der Waals surface area contributed by atoms with Crippen LogP contribution in [0.1, 0.15) is 0 Å². The lowest BCUT2D eigenvalue weighted by atomic mass is 10.1. The molecule has 0 aliphatic heterocycles. The summed E-state index contributed by atoms with van der Waals surface area (Å²) in [6.07, 6.45) is 3.52. The Morgan fingerprint density at radius 3 is 2.57 bits per heavy atom. The molecule has 0 bridgehead atoms. The Kier molecular flexibility index (Phi) is 2.93. The molecule has 0 aliphatic rings. The van der Waals surface area contributed by atoms with Crippen molar-refractivity contribution in [1.82, 2.24) is 9.97 Å². The quantitative estimate of drug-likeness (QED) is 0.751. The first-order chi connectivity index (χ1) is 6.77. The lowest BCUT2D eigenvalue weighted by Gasteiger charge is -2.02. The minimum absolute atomic E-state index is 0.825. The monoisotopic (exact) mass is 312 g/mol. The average molecular weight is 314 g/mol. The third-order valence-corrected chi connectivity index (χ3v) is 2.86. The van der Waals surface area contributed by atoms with Crippen LogP contribution in [0.5, 0.6) is 0 Å². The van der Waals surface area contributed by atoms with Crippen molar-refractivity contribution in [2.24, 2.45) is 0 Å². The first-order valence-corrected chi connectivity index (χ1v) is 5.58.